The number of ether oxygens (including phenoxy) is 1. The highest BCUT2D eigenvalue weighted by atomic mass is 35.5. The molecule has 0 aliphatic carbocycles. The third-order valence-corrected chi connectivity index (χ3v) is 4.77. The zero-order chi connectivity index (χ0) is 16.2. The van der Waals surface area contributed by atoms with Crippen molar-refractivity contribution in [3.05, 3.63) is 53.1 Å². The number of hydrogen-bond acceptors (Lipinski definition) is 4. The average Bonchev–Trinajstić information content (AvgIpc) is 2.47. The minimum absolute atomic E-state index is 0.0588. The standard InChI is InChI=1S/C16H17ClO4S/c1-3-6-12-9-13(20-2)11-14(10-12)21-22(18,19)16-8-5-4-7-15(16)17/h4-5,7-11H,3,6H2,1-2H3. The molecular weight excluding hydrogens is 324 g/mol. The van der Waals surface area contributed by atoms with Crippen molar-refractivity contribution in [3.63, 3.8) is 0 Å². The first-order valence-corrected chi connectivity index (χ1v) is 8.62. The summed E-state index contributed by atoms with van der Waals surface area (Å²) < 4.78 is 35.1. The van der Waals surface area contributed by atoms with Crippen LogP contribution in [0.15, 0.2) is 47.4 Å². The lowest BCUT2D eigenvalue weighted by molar-refractivity contribution is 0.411. The Kier molecular flexibility index (Phi) is 5.32. The van der Waals surface area contributed by atoms with E-state index in [1.807, 2.05) is 13.0 Å². The van der Waals surface area contributed by atoms with Crippen LogP contribution in [0.4, 0.5) is 0 Å². The van der Waals surface area contributed by atoms with Crippen molar-refractivity contribution in [2.45, 2.75) is 24.7 Å². The van der Waals surface area contributed by atoms with Gasteiger partial charge in [-0.1, -0.05) is 37.1 Å². The third-order valence-electron chi connectivity index (χ3n) is 3.03. The molecule has 0 amide bonds. The summed E-state index contributed by atoms with van der Waals surface area (Å²) in [7, 11) is -2.46. The smallest absolute Gasteiger partial charge is 0.340 e. The van der Waals surface area contributed by atoms with Crippen molar-refractivity contribution >= 4 is 21.7 Å². The topological polar surface area (TPSA) is 52.6 Å². The molecule has 2 aromatic carbocycles. The summed E-state index contributed by atoms with van der Waals surface area (Å²) in [4.78, 5) is -0.0588. The molecule has 0 saturated carbocycles. The quantitative estimate of drug-likeness (QED) is 0.744. The molecule has 2 aromatic rings. The highest BCUT2D eigenvalue weighted by Crippen LogP contribution is 2.28. The number of hydrogen-bond donors (Lipinski definition) is 0. The molecule has 0 saturated heterocycles. The van der Waals surface area contributed by atoms with Gasteiger partial charge in [0.05, 0.1) is 12.1 Å². The lowest BCUT2D eigenvalue weighted by Crippen LogP contribution is -2.10. The van der Waals surface area contributed by atoms with Gasteiger partial charge in [0.2, 0.25) is 0 Å². The lowest BCUT2D eigenvalue weighted by Gasteiger charge is -2.11. The predicted molar refractivity (Wildman–Crippen MR) is 86.3 cm³/mol. The third kappa shape index (κ3) is 3.93. The van der Waals surface area contributed by atoms with Crippen LogP contribution in [-0.2, 0) is 16.5 Å². The first-order chi connectivity index (χ1) is 10.5. The molecule has 0 unspecified atom stereocenters. The van der Waals surface area contributed by atoms with Crippen LogP contribution in [0.1, 0.15) is 18.9 Å². The van der Waals surface area contributed by atoms with Gasteiger partial charge in [0.25, 0.3) is 0 Å². The second-order valence-corrected chi connectivity index (χ2v) is 6.66. The maximum atomic E-state index is 12.3. The van der Waals surface area contributed by atoms with E-state index in [0.717, 1.165) is 18.4 Å². The van der Waals surface area contributed by atoms with Crippen molar-refractivity contribution in [1.82, 2.24) is 0 Å². The molecule has 0 heterocycles. The molecule has 0 N–H and O–H groups in total. The van der Waals surface area contributed by atoms with Gasteiger partial charge in [-0.15, -0.1) is 0 Å². The highest BCUT2D eigenvalue weighted by Gasteiger charge is 2.20. The Morgan fingerprint density at radius 3 is 2.41 bits per heavy atom. The normalized spacial score (nSPS) is 11.2. The summed E-state index contributed by atoms with van der Waals surface area (Å²) >= 11 is 5.93. The Labute approximate surface area is 135 Å². The van der Waals surface area contributed by atoms with E-state index in [4.69, 9.17) is 20.5 Å². The lowest BCUT2D eigenvalue weighted by atomic mass is 10.1. The minimum Gasteiger partial charge on any atom is -0.497 e. The van der Waals surface area contributed by atoms with Gasteiger partial charge >= 0.3 is 10.1 Å². The monoisotopic (exact) mass is 340 g/mol. The Hall–Kier alpha value is -1.72. The number of halogens is 1. The zero-order valence-electron chi connectivity index (χ0n) is 12.4. The van der Waals surface area contributed by atoms with Gasteiger partial charge in [0.15, 0.2) is 0 Å². The molecule has 2 rings (SSSR count). The largest absolute Gasteiger partial charge is 0.497 e. The van der Waals surface area contributed by atoms with Gasteiger partial charge in [0, 0.05) is 6.07 Å². The Balaban J connectivity index is 2.37. The number of rotatable bonds is 6. The first-order valence-electron chi connectivity index (χ1n) is 6.83. The van der Waals surface area contributed by atoms with E-state index in [0.29, 0.717) is 5.75 Å². The summed E-state index contributed by atoms with van der Waals surface area (Å²) in [6.45, 7) is 2.04. The first kappa shape index (κ1) is 16.6. The number of methoxy groups -OCH3 is 1. The maximum Gasteiger partial charge on any atom is 0.340 e. The van der Waals surface area contributed by atoms with Crippen LogP contribution in [0, 0.1) is 0 Å². The van der Waals surface area contributed by atoms with E-state index in [9.17, 15) is 8.42 Å². The van der Waals surface area contributed by atoms with Crippen LogP contribution >= 0.6 is 11.6 Å². The van der Waals surface area contributed by atoms with E-state index in [1.165, 1.54) is 25.3 Å². The summed E-state index contributed by atoms with van der Waals surface area (Å²) in [5.74, 6) is 0.762. The van der Waals surface area contributed by atoms with E-state index in [2.05, 4.69) is 0 Å². The van der Waals surface area contributed by atoms with E-state index in [-0.39, 0.29) is 15.7 Å². The molecule has 118 valence electrons. The number of benzene rings is 2. The van der Waals surface area contributed by atoms with Crippen molar-refractivity contribution in [2.24, 2.45) is 0 Å². The van der Waals surface area contributed by atoms with Gasteiger partial charge in [-0.2, -0.15) is 8.42 Å². The van der Waals surface area contributed by atoms with Crippen molar-refractivity contribution < 1.29 is 17.3 Å². The molecule has 0 atom stereocenters. The Morgan fingerprint density at radius 2 is 1.77 bits per heavy atom. The zero-order valence-corrected chi connectivity index (χ0v) is 13.9. The van der Waals surface area contributed by atoms with Crippen LogP contribution in [0.2, 0.25) is 5.02 Å². The van der Waals surface area contributed by atoms with Gasteiger partial charge in [-0.3, -0.25) is 0 Å². The van der Waals surface area contributed by atoms with Gasteiger partial charge in [-0.05, 0) is 36.2 Å². The molecule has 0 spiro atoms. The number of aryl methyl sites for hydroxylation is 1. The molecule has 0 aliphatic heterocycles. The Morgan fingerprint density at radius 1 is 1.09 bits per heavy atom. The van der Waals surface area contributed by atoms with Crippen LogP contribution in [0.3, 0.4) is 0 Å². The molecule has 6 heteroatoms. The molecule has 22 heavy (non-hydrogen) atoms. The molecular formula is C16H17ClO4S. The molecule has 0 fully saturated rings. The maximum absolute atomic E-state index is 12.3. The van der Waals surface area contributed by atoms with Crippen molar-refractivity contribution in [3.8, 4) is 11.5 Å². The SMILES string of the molecule is CCCc1cc(OC)cc(OS(=O)(=O)c2ccccc2Cl)c1. The predicted octanol–water partition coefficient (Wildman–Crippen LogP) is 4.07. The van der Waals surface area contributed by atoms with E-state index >= 15 is 0 Å². The molecule has 0 aromatic heterocycles. The van der Waals surface area contributed by atoms with Crippen LogP contribution in [0.25, 0.3) is 0 Å². The fourth-order valence-corrected chi connectivity index (χ4v) is 3.46. The molecule has 0 aliphatic rings. The summed E-state index contributed by atoms with van der Waals surface area (Å²) in [5, 5.41) is 0.124. The van der Waals surface area contributed by atoms with Crippen molar-refractivity contribution in [1.29, 1.82) is 0 Å². The second-order valence-electron chi connectivity index (χ2n) is 4.73. The van der Waals surface area contributed by atoms with Crippen molar-refractivity contribution in [2.75, 3.05) is 7.11 Å². The van der Waals surface area contributed by atoms with Crippen LogP contribution in [0.5, 0.6) is 11.5 Å². The second kappa shape index (κ2) is 7.03. The molecule has 0 bridgehead atoms. The summed E-state index contributed by atoms with van der Waals surface area (Å²) in [6.07, 6.45) is 1.74. The van der Waals surface area contributed by atoms with Crippen LogP contribution in [-0.4, -0.2) is 15.5 Å². The Bertz CT molecular complexity index is 756. The molecule has 0 radical (unpaired) electrons. The fourth-order valence-electron chi connectivity index (χ4n) is 2.05. The summed E-state index contributed by atoms with van der Waals surface area (Å²) in [5.41, 5.74) is 0.950. The van der Waals surface area contributed by atoms with E-state index < -0.39 is 10.1 Å². The van der Waals surface area contributed by atoms with E-state index in [1.54, 1.807) is 18.2 Å². The van der Waals surface area contributed by atoms with Gasteiger partial charge in [-0.25, -0.2) is 0 Å². The van der Waals surface area contributed by atoms with Gasteiger partial charge < -0.3 is 8.92 Å². The van der Waals surface area contributed by atoms with Crippen LogP contribution < -0.4 is 8.92 Å². The van der Waals surface area contributed by atoms with Gasteiger partial charge in [0.1, 0.15) is 16.4 Å². The minimum atomic E-state index is -3.99. The summed E-state index contributed by atoms with van der Waals surface area (Å²) in [6, 6.07) is 11.3. The molecule has 4 nitrogen and oxygen atoms in total. The highest BCUT2D eigenvalue weighted by molar-refractivity contribution is 7.87. The fraction of sp³-hybridized carbons (Fsp3) is 0.250. The average molecular weight is 341 g/mol.